The van der Waals surface area contributed by atoms with Gasteiger partial charge in [0.05, 0.1) is 11.0 Å². The highest BCUT2D eigenvalue weighted by Gasteiger charge is 2.13. The molecule has 5 nitrogen and oxygen atoms in total. The number of rotatable bonds is 4. The van der Waals surface area contributed by atoms with Crippen LogP contribution >= 0.6 is 11.6 Å². The summed E-state index contributed by atoms with van der Waals surface area (Å²) >= 11 is 5.96. The first-order chi connectivity index (χ1) is 15.7. The molecule has 1 fully saturated rings. The van der Waals surface area contributed by atoms with Crippen molar-refractivity contribution >= 4 is 22.6 Å². The fraction of sp³-hybridized carbons (Fsp3) is 0.231. The Balaban J connectivity index is 1.32. The number of hydrogen-bond donors (Lipinski definition) is 1. The minimum atomic E-state index is -0.0660. The number of nitrogens with zero attached hydrogens (tertiary/aromatic N) is 3. The van der Waals surface area contributed by atoms with Gasteiger partial charge in [-0.25, -0.2) is 9.78 Å². The third kappa shape index (κ3) is 4.47. The standard InChI is InChI=1S/C26H23ClN4O/c27-22-8-5-20(6-9-22)21-7-11-23(28-18-21)10-3-19-4-12-25-24(17-19)29-26(32)31(25)16-15-30-13-1-2-14-30/h4-9,11-12,17-18H,1-2,13-16H2,(H,29,32). The molecule has 0 aliphatic carbocycles. The van der Waals surface area contributed by atoms with Crippen LogP contribution in [0.25, 0.3) is 22.2 Å². The number of aromatic nitrogens is 3. The van der Waals surface area contributed by atoms with Gasteiger partial charge in [0.15, 0.2) is 0 Å². The van der Waals surface area contributed by atoms with Crippen molar-refractivity contribution in [3.05, 3.63) is 87.6 Å². The number of imidazole rings is 1. The lowest BCUT2D eigenvalue weighted by Gasteiger charge is -2.14. The maximum atomic E-state index is 12.4. The molecule has 5 rings (SSSR count). The van der Waals surface area contributed by atoms with E-state index in [-0.39, 0.29) is 5.69 Å². The molecule has 3 heterocycles. The van der Waals surface area contributed by atoms with Crippen molar-refractivity contribution in [1.29, 1.82) is 0 Å². The van der Waals surface area contributed by atoms with Gasteiger partial charge in [0, 0.05) is 35.4 Å². The molecule has 1 aliphatic heterocycles. The Morgan fingerprint density at radius 1 is 0.938 bits per heavy atom. The van der Waals surface area contributed by atoms with Crippen LogP contribution in [0, 0.1) is 11.8 Å². The third-order valence-electron chi connectivity index (χ3n) is 5.89. The van der Waals surface area contributed by atoms with E-state index in [1.165, 1.54) is 12.8 Å². The molecule has 0 amide bonds. The zero-order valence-corrected chi connectivity index (χ0v) is 18.4. The molecule has 0 bridgehead atoms. The van der Waals surface area contributed by atoms with Gasteiger partial charge in [-0.2, -0.15) is 0 Å². The van der Waals surface area contributed by atoms with E-state index in [0.717, 1.165) is 47.4 Å². The van der Waals surface area contributed by atoms with Crippen molar-refractivity contribution in [3.63, 3.8) is 0 Å². The molecule has 6 heteroatoms. The summed E-state index contributed by atoms with van der Waals surface area (Å²) in [6.45, 7) is 3.87. The van der Waals surface area contributed by atoms with Crippen LogP contribution in [0.2, 0.25) is 5.02 Å². The number of benzene rings is 2. The quantitative estimate of drug-likeness (QED) is 0.472. The van der Waals surface area contributed by atoms with E-state index in [0.29, 0.717) is 17.3 Å². The second kappa shape index (κ2) is 9.04. The van der Waals surface area contributed by atoms with E-state index in [2.05, 4.69) is 26.7 Å². The summed E-state index contributed by atoms with van der Waals surface area (Å²) in [6.07, 6.45) is 4.32. The van der Waals surface area contributed by atoms with Crippen LogP contribution in [0.15, 0.2) is 65.6 Å². The Bertz CT molecular complexity index is 1350. The highest BCUT2D eigenvalue weighted by atomic mass is 35.5. The number of aromatic amines is 1. The smallest absolute Gasteiger partial charge is 0.305 e. The van der Waals surface area contributed by atoms with E-state index in [1.54, 1.807) is 0 Å². The Morgan fingerprint density at radius 3 is 2.47 bits per heavy atom. The molecule has 2 aromatic heterocycles. The lowest BCUT2D eigenvalue weighted by molar-refractivity contribution is 0.322. The lowest BCUT2D eigenvalue weighted by atomic mass is 10.1. The normalized spacial score (nSPS) is 13.9. The van der Waals surface area contributed by atoms with Crippen LogP contribution in [0.1, 0.15) is 24.1 Å². The Labute approximate surface area is 191 Å². The van der Waals surface area contributed by atoms with Gasteiger partial charge in [-0.15, -0.1) is 0 Å². The van der Waals surface area contributed by atoms with Gasteiger partial charge >= 0.3 is 5.69 Å². The van der Waals surface area contributed by atoms with Crippen LogP contribution in [0.4, 0.5) is 0 Å². The average Bonchev–Trinajstić information content (AvgIpc) is 3.44. The van der Waals surface area contributed by atoms with Crippen molar-refractivity contribution in [2.75, 3.05) is 19.6 Å². The van der Waals surface area contributed by atoms with Gasteiger partial charge < -0.3 is 9.88 Å². The number of pyridine rings is 1. The van der Waals surface area contributed by atoms with Crippen molar-refractivity contribution in [1.82, 2.24) is 19.4 Å². The fourth-order valence-corrected chi connectivity index (χ4v) is 4.25. The van der Waals surface area contributed by atoms with Gasteiger partial charge in [-0.05, 0) is 73.8 Å². The Hall–Kier alpha value is -3.33. The zero-order valence-electron chi connectivity index (χ0n) is 17.6. The van der Waals surface area contributed by atoms with Crippen LogP contribution in [-0.2, 0) is 6.54 Å². The van der Waals surface area contributed by atoms with Gasteiger partial charge in [-0.1, -0.05) is 35.7 Å². The Kier molecular flexibility index (Phi) is 5.81. The number of H-pyrrole nitrogens is 1. The summed E-state index contributed by atoms with van der Waals surface area (Å²) in [5.74, 6) is 6.27. The SMILES string of the molecule is O=c1[nH]c2cc(C#Cc3ccc(-c4ccc(Cl)cc4)cn3)ccc2n1CCN1CCCC1. The minimum absolute atomic E-state index is 0.0660. The molecule has 2 aromatic carbocycles. The predicted molar refractivity (Wildman–Crippen MR) is 129 cm³/mol. The predicted octanol–water partition coefficient (Wildman–Crippen LogP) is 4.54. The topological polar surface area (TPSA) is 53.9 Å². The fourth-order valence-electron chi connectivity index (χ4n) is 4.13. The summed E-state index contributed by atoms with van der Waals surface area (Å²) < 4.78 is 1.82. The van der Waals surface area contributed by atoms with E-state index in [9.17, 15) is 4.79 Å². The molecule has 0 unspecified atom stereocenters. The van der Waals surface area contributed by atoms with Crippen molar-refractivity contribution in [2.24, 2.45) is 0 Å². The first-order valence-corrected chi connectivity index (χ1v) is 11.2. The molecule has 0 radical (unpaired) electrons. The lowest BCUT2D eigenvalue weighted by Crippen LogP contribution is -2.28. The molecule has 32 heavy (non-hydrogen) atoms. The largest absolute Gasteiger partial charge is 0.326 e. The molecule has 4 aromatic rings. The molecule has 0 saturated carbocycles. The van der Waals surface area contributed by atoms with Crippen molar-refractivity contribution < 1.29 is 0 Å². The van der Waals surface area contributed by atoms with E-state index in [1.807, 2.05) is 65.4 Å². The summed E-state index contributed by atoms with van der Waals surface area (Å²) in [7, 11) is 0. The number of nitrogens with one attached hydrogen (secondary N) is 1. The average molecular weight is 443 g/mol. The van der Waals surface area contributed by atoms with Gasteiger partial charge in [0.2, 0.25) is 0 Å². The second-order valence-corrected chi connectivity index (χ2v) is 8.49. The van der Waals surface area contributed by atoms with E-state index >= 15 is 0 Å². The number of halogens is 1. The highest BCUT2D eigenvalue weighted by Crippen LogP contribution is 2.21. The van der Waals surface area contributed by atoms with Crippen molar-refractivity contribution in [3.8, 4) is 23.0 Å². The van der Waals surface area contributed by atoms with Gasteiger partial charge in [-0.3, -0.25) is 4.57 Å². The summed E-state index contributed by atoms with van der Waals surface area (Å²) in [4.78, 5) is 22.3. The summed E-state index contributed by atoms with van der Waals surface area (Å²) in [6, 6.07) is 17.4. The molecule has 0 spiro atoms. The van der Waals surface area contributed by atoms with Crippen LogP contribution < -0.4 is 5.69 Å². The third-order valence-corrected chi connectivity index (χ3v) is 6.14. The Morgan fingerprint density at radius 2 is 1.72 bits per heavy atom. The summed E-state index contributed by atoms with van der Waals surface area (Å²) in [5, 5.41) is 0.712. The maximum Gasteiger partial charge on any atom is 0.326 e. The first kappa shape index (κ1) is 20.6. The van der Waals surface area contributed by atoms with E-state index in [4.69, 9.17) is 11.6 Å². The molecule has 1 N–H and O–H groups in total. The molecular formula is C26H23ClN4O. The van der Waals surface area contributed by atoms with Gasteiger partial charge in [0.25, 0.3) is 0 Å². The minimum Gasteiger partial charge on any atom is -0.305 e. The summed E-state index contributed by atoms with van der Waals surface area (Å²) in [5.41, 5.74) is 5.28. The monoisotopic (exact) mass is 442 g/mol. The maximum absolute atomic E-state index is 12.4. The van der Waals surface area contributed by atoms with Crippen LogP contribution in [0.5, 0.6) is 0 Å². The van der Waals surface area contributed by atoms with Crippen molar-refractivity contribution in [2.45, 2.75) is 19.4 Å². The molecule has 1 aliphatic rings. The highest BCUT2D eigenvalue weighted by molar-refractivity contribution is 6.30. The number of fused-ring (bicyclic) bond motifs is 1. The second-order valence-electron chi connectivity index (χ2n) is 8.05. The first-order valence-electron chi connectivity index (χ1n) is 10.8. The van der Waals surface area contributed by atoms with Crippen LogP contribution in [-0.4, -0.2) is 39.1 Å². The number of hydrogen-bond acceptors (Lipinski definition) is 3. The van der Waals surface area contributed by atoms with E-state index < -0.39 is 0 Å². The van der Waals surface area contributed by atoms with Gasteiger partial charge in [0.1, 0.15) is 5.69 Å². The number of likely N-dealkylation sites (tertiary alicyclic amines) is 1. The molecule has 0 atom stereocenters. The molecular weight excluding hydrogens is 420 g/mol. The molecule has 1 saturated heterocycles. The molecule has 160 valence electrons. The van der Waals surface area contributed by atoms with Crippen LogP contribution in [0.3, 0.4) is 0 Å². The zero-order chi connectivity index (χ0) is 21.9.